The molecule has 0 radical (unpaired) electrons. The van der Waals surface area contributed by atoms with Gasteiger partial charge in [-0.15, -0.1) is 0 Å². The Morgan fingerprint density at radius 1 is 1.33 bits per heavy atom. The predicted molar refractivity (Wildman–Crippen MR) is 70.0 cm³/mol. The lowest BCUT2D eigenvalue weighted by atomic mass is 9.85. The van der Waals surface area contributed by atoms with Gasteiger partial charge in [0.15, 0.2) is 5.82 Å². The molecule has 1 fully saturated rings. The van der Waals surface area contributed by atoms with Gasteiger partial charge in [-0.2, -0.15) is 0 Å². The minimum absolute atomic E-state index is 0.00556. The zero-order valence-electron chi connectivity index (χ0n) is 9.90. The summed E-state index contributed by atoms with van der Waals surface area (Å²) in [6.45, 7) is 0. The predicted octanol–water partition coefficient (Wildman–Crippen LogP) is 1.17. The summed E-state index contributed by atoms with van der Waals surface area (Å²) in [6, 6.07) is 0.243. The summed E-state index contributed by atoms with van der Waals surface area (Å²) in [6.07, 6.45) is 4.71. The molecule has 1 aliphatic rings. The smallest absolute Gasteiger partial charge is 0.220 e. The van der Waals surface area contributed by atoms with Crippen LogP contribution in [0.3, 0.4) is 0 Å². The van der Waals surface area contributed by atoms with E-state index in [1.54, 1.807) is 0 Å². The molecule has 18 heavy (non-hydrogen) atoms. The molecule has 7 heteroatoms. The van der Waals surface area contributed by atoms with Crippen molar-refractivity contribution in [3.8, 4) is 0 Å². The first-order chi connectivity index (χ1) is 8.58. The number of nitrogens with two attached hydrogens (primary N) is 2. The molecule has 0 spiro atoms. The Labute approximate surface area is 110 Å². The number of nitrogens with one attached hydrogen (secondary N) is 1. The van der Waals surface area contributed by atoms with E-state index in [-0.39, 0.29) is 23.7 Å². The lowest BCUT2D eigenvalue weighted by Gasteiger charge is -2.27. The van der Waals surface area contributed by atoms with Gasteiger partial charge < -0.3 is 16.8 Å². The molecule has 1 saturated carbocycles. The summed E-state index contributed by atoms with van der Waals surface area (Å²) in [5.74, 6) is 0.596. The average Bonchev–Trinajstić information content (AvgIpc) is 2.36. The molecule has 1 amide bonds. The van der Waals surface area contributed by atoms with Crippen LogP contribution in [0.25, 0.3) is 0 Å². The zero-order valence-corrected chi connectivity index (χ0v) is 10.7. The van der Waals surface area contributed by atoms with Crippen LogP contribution in [0, 0.1) is 5.92 Å². The highest BCUT2D eigenvalue weighted by Gasteiger charge is 2.25. The van der Waals surface area contributed by atoms with E-state index < -0.39 is 0 Å². The van der Waals surface area contributed by atoms with E-state index in [9.17, 15) is 4.79 Å². The van der Waals surface area contributed by atoms with Crippen molar-refractivity contribution in [2.24, 2.45) is 11.7 Å². The third kappa shape index (κ3) is 2.81. The number of anilines is 2. The van der Waals surface area contributed by atoms with Crippen molar-refractivity contribution in [2.45, 2.75) is 31.7 Å². The molecule has 0 saturated heterocycles. The Bertz CT molecular complexity index is 445. The van der Waals surface area contributed by atoms with Crippen LogP contribution in [0.5, 0.6) is 0 Å². The van der Waals surface area contributed by atoms with Gasteiger partial charge >= 0.3 is 0 Å². The van der Waals surface area contributed by atoms with Crippen LogP contribution in [-0.4, -0.2) is 21.9 Å². The number of hydrogen-bond donors (Lipinski definition) is 3. The van der Waals surface area contributed by atoms with Crippen molar-refractivity contribution in [1.82, 2.24) is 9.97 Å². The molecule has 1 aliphatic carbocycles. The van der Waals surface area contributed by atoms with Crippen LogP contribution in [-0.2, 0) is 4.79 Å². The topological polar surface area (TPSA) is 107 Å². The number of nitrogen functional groups attached to an aromatic ring is 1. The van der Waals surface area contributed by atoms with Gasteiger partial charge in [-0.3, -0.25) is 4.79 Å². The fourth-order valence-electron chi connectivity index (χ4n) is 2.20. The largest absolute Gasteiger partial charge is 0.382 e. The van der Waals surface area contributed by atoms with Gasteiger partial charge in [-0.05, 0) is 25.7 Å². The maximum Gasteiger partial charge on any atom is 0.220 e. The number of halogens is 1. The van der Waals surface area contributed by atoms with E-state index in [1.165, 1.54) is 6.33 Å². The summed E-state index contributed by atoms with van der Waals surface area (Å²) in [5, 5.41) is 3.58. The van der Waals surface area contributed by atoms with Gasteiger partial charge in [0.2, 0.25) is 5.91 Å². The SMILES string of the molecule is NC(=O)C1CCC(Nc2ncnc(N)c2Cl)CC1. The van der Waals surface area contributed by atoms with E-state index in [0.29, 0.717) is 10.8 Å². The normalized spacial score (nSPS) is 23.6. The Balaban J connectivity index is 1.96. The van der Waals surface area contributed by atoms with Crippen LogP contribution in [0.15, 0.2) is 6.33 Å². The average molecular weight is 270 g/mol. The van der Waals surface area contributed by atoms with Crippen molar-refractivity contribution < 1.29 is 4.79 Å². The first kappa shape index (κ1) is 12.9. The van der Waals surface area contributed by atoms with Gasteiger partial charge in [0.1, 0.15) is 17.2 Å². The third-order valence-electron chi connectivity index (χ3n) is 3.29. The summed E-state index contributed by atoms with van der Waals surface area (Å²) in [5.41, 5.74) is 10.9. The quantitative estimate of drug-likeness (QED) is 0.763. The third-order valence-corrected chi connectivity index (χ3v) is 3.66. The van der Waals surface area contributed by atoms with Crippen molar-refractivity contribution in [3.63, 3.8) is 0 Å². The van der Waals surface area contributed by atoms with E-state index in [1.807, 2.05) is 0 Å². The number of amides is 1. The number of rotatable bonds is 3. The standard InChI is InChI=1S/C11H16ClN5O/c12-8-9(13)15-5-16-11(8)17-7-3-1-6(2-4-7)10(14)18/h5-7H,1-4H2,(H2,14,18)(H3,13,15,16,17). The molecule has 0 unspecified atom stereocenters. The lowest BCUT2D eigenvalue weighted by molar-refractivity contribution is -0.122. The first-order valence-electron chi connectivity index (χ1n) is 5.89. The molecule has 98 valence electrons. The number of aromatic nitrogens is 2. The molecule has 0 atom stereocenters. The number of hydrogen-bond acceptors (Lipinski definition) is 5. The molecular formula is C11H16ClN5O. The first-order valence-corrected chi connectivity index (χ1v) is 6.27. The minimum atomic E-state index is -0.210. The van der Waals surface area contributed by atoms with Crippen LogP contribution >= 0.6 is 11.6 Å². The van der Waals surface area contributed by atoms with Crippen molar-refractivity contribution >= 4 is 29.1 Å². The number of carbonyl (C=O) groups excluding carboxylic acids is 1. The molecular weight excluding hydrogens is 254 g/mol. The fraction of sp³-hybridized carbons (Fsp3) is 0.545. The second-order valence-corrected chi connectivity index (χ2v) is 4.89. The lowest BCUT2D eigenvalue weighted by Crippen LogP contribution is -2.32. The van der Waals surface area contributed by atoms with Gasteiger partial charge in [-0.1, -0.05) is 11.6 Å². The Hall–Kier alpha value is -1.56. The van der Waals surface area contributed by atoms with E-state index >= 15 is 0 Å². The van der Waals surface area contributed by atoms with E-state index in [4.69, 9.17) is 23.1 Å². The monoisotopic (exact) mass is 269 g/mol. The fourth-order valence-corrected chi connectivity index (χ4v) is 2.35. The molecule has 0 aromatic carbocycles. The molecule has 1 aromatic heterocycles. The highest BCUT2D eigenvalue weighted by molar-refractivity contribution is 6.35. The van der Waals surface area contributed by atoms with Crippen molar-refractivity contribution in [3.05, 3.63) is 11.3 Å². The van der Waals surface area contributed by atoms with Gasteiger partial charge in [0.25, 0.3) is 0 Å². The van der Waals surface area contributed by atoms with E-state index in [0.717, 1.165) is 25.7 Å². The van der Waals surface area contributed by atoms with Gasteiger partial charge in [0.05, 0.1) is 0 Å². The second kappa shape index (κ2) is 5.39. The Kier molecular flexibility index (Phi) is 3.86. The summed E-state index contributed by atoms with van der Waals surface area (Å²) >= 11 is 6.00. The number of carbonyl (C=O) groups is 1. The second-order valence-electron chi connectivity index (χ2n) is 4.52. The molecule has 5 N–H and O–H groups in total. The highest BCUT2D eigenvalue weighted by atomic mass is 35.5. The molecule has 0 aliphatic heterocycles. The summed E-state index contributed by atoms with van der Waals surface area (Å²) < 4.78 is 0. The minimum Gasteiger partial charge on any atom is -0.382 e. The van der Waals surface area contributed by atoms with Crippen LogP contribution in [0.4, 0.5) is 11.6 Å². The maximum absolute atomic E-state index is 11.1. The van der Waals surface area contributed by atoms with Gasteiger partial charge in [-0.25, -0.2) is 9.97 Å². The molecule has 2 rings (SSSR count). The van der Waals surface area contributed by atoms with E-state index in [2.05, 4.69) is 15.3 Å². The van der Waals surface area contributed by atoms with Crippen LogP contribution in [0.1, 0.15) is 25.7 Å². The highest BCUT2D eigenvalue weighted by Crippen LogP contribution is 2.29. The number of nitrogens with zero attached hydrogens (tertiary/aromatic N) is 2. The Morgan fingerprint density at radius 2 is 2.00 bits per heavy atom. The van der Waals surface area contributed by atoms with Crippen molar-refractivity contribution in [1.29, 1.82) is 0 Å². The van der Waals surface area contributed by atoms with Crippen LogP contribution < -0.4 is 16.8 Å². The van der Waals surface area contributed by atoms with Gasteiger partial charge in [0, 0.05) is 12.0 Å². The number of primary amides is 1. The van der Waals surface area contributed by atoms with Crippen molar-refractivity contribution in [2.75, 3.05) is 11.1 Å². The maximum atomic E-state index is 11.1. The zero-order chi connectivity index (χ0) is 13.1. The van der Waals surface area contributed by atoms with Crippen LogP contribution in [0.2, 0.25) is 5.02 Å². The summed E-state index contributed by atoms with van der Waals surface area (Å²) in [4.78, 5) is 18.9. The molecule has 1 aromatic rings. The molecule has 0 bridgehead atoms. The molecule has 6 nitrogen and oxygen atoms in total. The summed E-state index contributed by atoms with van der Waals surface area (Å²) in [7, 11) is 0. The Morgan fingerprint density at radius 3 is 2.61 bits per heavy atom. The molecule has 1 heterocycles.